The van der Waals surface area contributed by atoms with E-state index in [0.29, 0.717) is 0 Å². The van der Waals surface area contributed by atoms with E-state index in [0.717, 1.165) is 12.1 Å². The van der Waals surface area contributed by atoms with Crippen LogP contribution < -0.4 is 15.9 Å². The van der Waals surface area contributed by atoms with Crippen molar-refractivity contribution in [1.29, 1.82) is 10.7 Å². The molecule has 0 saturated carbocycles. The maximum absolute atomic E-state index is 14.0. The Morgan fingerprint density at radius 1 is 1.14 bits per heavy atom. The van der Waals surface area contributed by atoms with Crippen LogP contribution in [0.3, 0.4) is 0 Å². The van der Waals surface area contributed by atoms with Gasteiger partial charge in [0.2, 0.25) is 5.71 Å². The van der Waals surface area contributed by atoms with Crippen molar-refractivity contribution >= 4 is 17.2 Å². The van der Waals surface area contributed by atoms with Gasteiger partial charge in [-0.25, -0.2) is 13.2 Å². The molecule has 0 saturated heterocycles. The minimum Gasteiger partial charge on any atom is -0.451 e. The third-order valence-corrected chi connectivity index (χ3v) is 3.45. The van der Waals surface area contributed by atoms with E-state index < -0.39 is 52.2 Å². The van der Waals surface area contributed by atoms with E-state index in [1.807, 2.05) is 0 Å². The molecule has 29 heavy (non-hydrogen) atoms. The van der Waals surface area contributed by atoms with Crippen molar-refractivity contribution in [2.75, 3.05) is 5.43 Å². The number of benzene rings is 2. The van der Waals surface area contributed by atoms with Crippen molar-refractivity contribution in [3.8, 4) is 17.6 Å². The number of nitrogens with one attached hydrogen (secondary N) is 2. The molecule has 0 fully saturated rings. The zero-order valence-electron chi connectivity index (χ0n) is 14.5. The Morgan fingerprint density at radius 3 is 2.21 bits per heavy atom. The number of nitrogens with two attached hydrogens (primary N) is 1. The number of halogens is 6. The Bertz CT molecular complexity index is 1020. The van der Waals surface area contributed by atoms with E-state index in [2.05, 4.69) is 10.5 Å². The third-order valence-electron chi connectivity index (χ3n) is 3.45. The fourth-order valence-corrected chi connectivity index (χ4v) is 2.04. The Kier molecular flexibility index (Phi) is 6.01. The lowest BCUT2D eigenvalue weighted by Crippen LogP contribution is -2.22. The first-order chi connectivity index (χ1) is 13.4. The van der Waals surface area contributed by atoms with Gasteiger partial charge < -0.3 is 10.5 Å². The van der Waals surface area contributed by atoms with E-state index in [-0.39, 0.29) is 23.4 Å². The second-order valence-corrected chi connectivity index (χ2v) is 5.56. The predicted octanol–water partition coefficient (Wildman–Crippen LogP) is 4.45. The summed E-state index contributed by atoms with van der Waals surface area (Å²) in [6.07, 6.45) is -4.96. The van der Waals surface area contributed by atoms with Gasteiger partial charge in [0, 0.05) is 6.07 Å². The number of hydrogen-bond donors (Lipinski definition) is 3. The van der Waals surface area contributed by atoms with Crippen molar-refractivity contribution in [3.05, 3.63) is 52.8 Å². The summed E-state index contributed by atoms with van der Waals surface area (Å²) in [5.41, 5.74) is 4.74. The summed E-state index contributed by atoms with van der Waals surface area (Å²) in [6, 6.07) is 3.42. The van der Waals surface area contributed by atoms with Crippen LogP contribution in [0.15, 0.2) is 29.4 Å². The lowest BCUT2D eigenvalue weighted by molar-refractivity contribution is -0.138. The van der Waals surface area contributed by atoms with E-state index >= 15 is 0 Å². The molecule has 4 N–H and O–H groups in total. The highest BCUT2D eigenvalue weighted by molar-refractivity contribution is 6.45. The van der Waals surface area contributed by atoms with Gasteiger partial charge in [0.1, 0.15) is 17.6 Å². The van der Waals surface area contributed by atoms with Gasteiger partial charge in [-0.1, -0.05) is 0 Å². The third kappa shape index (κ3) is 4.95. The van der Waals surface area contributed by atoms with Crippen LogP contribution in [-0.2, 0) is 6.18 Å². The minimum atomic E-state index is -4.96. The Morgan fingerprint density at radius 2 is 1.72 bits per heavy atom. The monoisotopic (exact) mass is 415 g/mol. The molecule has 0 spiro atoms. The molecule has 0 aromatic heterocycles. The van der Waals surface area contributed by atoms with Crippen molar-refractivity contribution in [2.45, 2.75) is 13.1 Å². The molecular weight excluding hydrogens is 404 g/mol. The molecule has 0 atom stereocenters. The van der Waals surface area contributed by atoms with E-state index in [9.17, 15) is 26.3 Å². The maximum atomic E-state index is 14.0. The van der Waals surface area contributed by atoms with Gasteiger partial charge >= 0.3 is 6.18 Å². The van der Waals surface area contributed by atoms with Crippen LogP contribution in [0.25, 0.3) is 0 Å². The highest BCUT2D eigenvalue weighted by atomic mass is 19.4. The number of aryl methyl sites for hydroxylation is 1. The minimum absolute atomic E-state index is 0.0582. The van der Waals surface area contributed by atoms with Crippen molar-refractivity contribution in [3.63, 3.8) is 0 Å². The number of amidine groups is 1. The normalized spacial score (nSPS) is 11.7. The van der Waals surface area contributed by atoms with Gasteiger partial charge in [-0.3, -0.25) is 10.8 Å². The van der Waals surface area contributed by atoms with Crippen LogP contribution >= 0.6 is 0 Å². The Labute approximate surface area is 159 Å². The zero-order chi connectivity index (χ0) is 21.9. The molecule has 0 unspecified atom stereocenters. The van der Waals surface area contributed by atoms with Crippen LogP contribution in [0.1, 0.15) is 11.1 Å². The molecule has 2 aromatic carbocycles. The second-order valence-electron chi connectivity index (χ2n) is 5.56. The molecule has 6 nitrogen and oxygen atoms in total. The predicted molar refractivity (Wildman–Crippen MR) is 91.2 cm³/mol. The van der Waals surface area contributed by atoms with Gasteiger partial charge in [-0.2, -0.15) is 23.5 Å². The number of hydrogen-bond acceptors (Lipinski definition) is 5. The molecule has 0 aliphatic heterocycles. The quantitative estimate of drug-likeness (QED) is 0.290. The van der Waals surface area contributed by atoms with E-state index in [1.54, 1.807) is 0 Å². The van der Waals surface area contributed by atoms with Gasteiger partial charge in [0.15, 0.2) is 23.2 Å². The number of anilines is 1. The number of ether oxygens (including phenoxy) is 1. The summed E-state index contributed by atoms with van der Waals surface area (Å²) in [5.74, 6) is -6.24. The van der Waals surface area contributed by atoms with E-state index in [1.165, 1.54) is 13.0 Å². The molecule has 0 aliphatic rings. The molecule has 12 heteroatoms. The first kappa shape index (κ1) is 21.5. The highest BCUT2D eigenvalue weighted by Gasteiger charge is 2.33. The summed E-state index contributed by atoms with van der Waals surface area (Å²) in [7, 11) is 0. The Balaban J connectivity index is 2.42. The van der Waals surface area contributed by atoms with Crippen LogP contribution in [0.2, 0.25) is 0 Å². The number of nitrogens with zero attached hydrogens (tertiary/aromatic N) is 2. The second kappa shape index (κ2) is 8.09. The number of nitriles is 1. The lowest BCUT2D eigenvalue weighted by atomic mass is 10.1. The fourth-order valence-electron chi connectivity index (χ4n) is 2.04. The summed E-state index contributed by atoms with van der Waals surface area (Å²) < 4.78 is 84.9. The largest absolute Gasteiger partial charge is 0.451 e. The highest BCUT2D eigenvalue weighted by Crippen LogP contribution is 2.37. The molecular formula is C17H11F6N5O. The van der Waals surface area contributed by atoms with Crippen molar-refractivity contribution in [1.82, 2.24) is 0 Å². The van der Waals surface area contributed by atoms with Gasteiger partial charge in [-0.15, -0.1) is 0 Å². The molecule has 0 heterocycles. The molecule has 152 valence electrons. The first-order valence-electron chi connectivity index (χ1n) is 7.56. The average molecular weight is 415 g/mol. The summed E-state index contributed by atoms with van der Waals surface area (Å²) in [4.78, 5) is 0. The molecule has 0 aliphatic carbocycles. The molecule has 2 aromatic rings. The molecule has 0 amide bonds. The smallest absolute Gasteiger partial charge is 0.416 e. The maximum Gasteiger partial charge on any atom is 0.416 e. The summed E-state index contributed by atoms with van der Waals surface area (Å²) in [5, 5.41) is 19.3. The van der Waals surface area contributed by atoms with Gasteiger partial charge in [0.25, 0.3) is 0 Å². The van der Waals surface area contributed by atoms with Gasteiger partial charge in [-0.05, 0) is 30.7 Å². The zero-order valence-corrected chi connectivity index (χ0v) is 14.5. The lowest BCUT2D eigenvalue weighted by Gasteiger charge is -2.14. The number of rotatable bonds is 5. The summed E-state index contributed by atoms with van der Waals surface area (Å²) >= 11 is 0. The Hall–Kier alpha value is -3.75. The van der Waals surface area contributed by atoms with Crippen LogP contribution in [0, 0.1) is 41.1 Å². The number of hydrazone groups is 1. The molecule has 2 rings (SSSR count). The van der Waals surface area contributed by atoms with Crippen LogP contribution in [0.4, 0.5) is 32.0 Å². The summed E-state index contributed by atoms with van der Waals surface area (Å²) in [6.45, 7) is 1.32. The SMILES string of the molecule is Cc1cc(F)c(N/N=C(\C#N)C(=N)N)cc1Oc1c(F)cc(C(F)(F)F)cc1F. The molecule has 0 radical (unpaired) electrons. The van der Waals surface area contributed by atoms with Crippen LogP contribution in [-0.4, -0.2) is 11.5 Å². The first-order valence-corrected chi connectivity index (χ1v) is 7.56. The molecule has 0 bridgehead atoms. The number of alkyl halides is 3. The van der Waals surface area contributed by atoms with Crippen molar-refractivity contribution < 1.29 is 31.1 Å². The average Bonchev–Trinajstić information content (AvgIpc) is 2.60. The van der Waals surface area contributed by atoms with Gasteiger partial charge in [0.05, 0.1) is 11.3 Å². The fraction of sp³-hybridized carbons (Fsp3) is 0.118. The van der Waals surface area contributed by atoms with Crippen LogP contribution in [0.5, 0.6) is 11.5 Å². The topological polar surface area (TPSA) is 107 Å². The van der Waals surface area contributed by atoms with E-state index in [4.69, 9.17) is 21.1 Å². The van der Waals surface area contributed by atoms with Crippen molar-refractivity contribution in [2.24, 2.45) is 10.8 Å². The standard InChI is InChI=1S/C17H11F6N5O/c1-7-2-9(18)12(27-28-13(6-24)16(25)26)5-14(7)29-15-10(19)3-8(4-11(15)20)17(21,22)23/h2-5,27H,1H3,(H3,25,26)/b28-13+.